The SMILES string of the molecule is COc1ccccc1NC(N)=NCCCCCCC(=O)OC(C)(C)C.I. The van der Waals surface area contributed by atoms with Crippen LogP contribution in [-0.2, 0) is 9.53 Å². The third-order valence-corrected chi connectivity index (χ3v) is 3.36. The highest BCUT2D eigenvalue weighted by Crippen LogP contribution is 2.22. The number of rotatable bonds is 9. The number of aliphatic imine (C=N–C) groups is 1. The van der Waals surface area contributed by atoms with Crippen LogP contribution >= 0.6 is 24.0 Å². The first kappa shape index (κ1) is 24.5. The number of hydrogen-bond acceptors (Lipinski definition) is 4. The van der Waals surface area contributed by atoms with E-state index in [9.17, 15) is 4.79 Å². The van der Waals surface area contributed by atoms with E-state index in [0.29, 0.717) is 18.9 Å². The smallest absolute Gasteiger partial charge is 0.306 e. The molecule has 0 unspecified atom stereocenters. The summed E-state index contributed by atoms with van der Waals surface area (Å²) in [6.45, 7) is 6.30. The van der Waals surface area contributed by atoms with Crippen LogP contribution in [0.4, 0.5) is 5.69 Å². The van der Waals surface area contributed by atoms with E-state index in [-0.39, 0.29) is 29.9 Å². The summed E-state index contributed by atoms with van der Waals surface area (Å²) < 4.78 is 10.5. The second kappa shape index (κ2) is 12.8. The minimum Gasteiger partial charge on any atom is -0.495 e. The van der Waals surface area contributed by atoms with Crippen molar-refractivity contribution in [1.29, 1.82) is 0 Å². The minimum absolute atomic E-state index is 0. The third kappa shape index (κ3) is 11.2. The maximum Gasteiger partial charge on any atom is 0.306 e. The number of para-hydroxylation sites is 2. The third-order valence-electron chi connectivity index (χ3n) is 3.36. The predicted molar refractivity (Wildman–Crippen MR) is 117 cm³/mol. The van der Waals surface area contributed by atoms with Gasteiger partial charge in [-0.25, -0.2) is 0 Å². The van der Waals surface area contributed by atoms with Gasteiger partial charge in [0.05, 0.1) is 12.8 Å². The van der Waals surface area contributed by atoms with E-state index in [4.69, 9.17) is 15.2 Å². The van der Waals surface area contributed by atoms with Crippen LogP contribution in [-0.4, -0.2) is 31.2 Å². The first-order chi connectivity index (χ1) is 11.8. The van der Waals surface area contributed by atoms with E-state index in [1.807, 2.05) is 45.0 Å². The molecule has 0 saturated heterocycles. The van der Waals surface area contributed by atoms with Crippen LogP contribution in [0.2, 0.25) is 0 Å². The summed E-state index contributed by atoms with van der Waals surface area (Å²) in [6.07, 6.45) is 4.23. The van der Waals surface area contributed by atoms with Crippen LogP contribution in [0.3, 0.4) is 0 Å². The molecule has 6 nitrogen and oxygen atoms in total. The molecule has 7 heteroatoms. The van der Waals surface area contributed by atoms with E-state index in [1.165, 1.54) is 0 Å². The standard InChI is InChI=1S/C19H31N3O3.HI/c1-19(2,3)25-17(23)13-7-5-6-10-14-21-18(20)22-15-11-8-9-12-16(15)24-4;/h8-9,11-12H,5-7,10,13-14H2,1-4H3,(H3,20,21,22);1H. The first-order valence-corrected chi connectivity index (χ1v) is 8.73. The summed E-state index contributed by atoms with van der Waals surface area (Å²) in [4.78, 5) is 15.9. The number of nitrogens with zero attached hydrogens (tertiary/aromatic N) is 1. The summed E-state index contributed by atoms with van der Waals surface area (Å²) in [6, 6.07) is 7.55. The van der Waals surface area contributed by atoms with Crippen molar-refractivity contribution < 1.29 is 14.3 Å². The van der Waals surface area contributed by atoms with Crippen molar-refractivity contribution in [2.24, 2.45) is 10.7 Å². The van der Waals surface area contributed by atoms with Crippen LogP contribution < -0.4 is 15.8 Å². The predicted octanol–water partition coefficient (Wildman–Crippen LogP) is 4.33. The highest BCUT2D eigenvalue weighted by atomic mass is 127. The van der Waals surface area contributed by atoms with Crippen molar-refractivity contribution in [3.63, 3.8) is 0 Å². The lowest BCUT2D eigenvalue weighted by atomic mass is 10.1. The Morgan fingerprint density at radius 3 is 2.46 bits per heavy atom. The summed E-state index contributed by atoms with van der Waals surface area (Å²) >= 11 is 0. The Morgan fingerprint density at radius 2 is 1.81 bits per heavy atom. The van der Waals surface area contributed by atoms with Crippen LogP contribution in [0.25, 0.3) is 0 Å². The maximum absolute atomic E-state index is 11.6. The largest absolute Gasteiger partial charge is 0.495 e. The molecule has 0 aliphatic heterocycles. The number of halogens is 1. The van der Waals surface area contributed by atoms with Crippen molar-refractivity contribution in [3.05, 3.63) is 24.3 Å². The van der Waals surface area contributed by atoms with E-state index >= 15 is 0 Å². The van der Waals surface area contributed by atoms with Crippen LogP contribution in [0.5, 0.6) is 5.75 Å². The molecule has 0 heterocycles. The Hall–Kier alpha value is -1.51. The molecule has 1 aromatic rings. The minimum atomic E-state index is -0.405. The lowest BCUT2D eigenvalue weighted by Crippen LogP contribution is -2.23. The van der Waals surface area contributed by atoms with Gasteiger partial charge in [-0.3, -0.25) is 9.79 Å². The highest BCUT2D eigenvalue weighted by molar-refractivity contribution is 14.0. The zero-order valence-electron chi connectivity index (χ0n) is 16.2. The van der Waals surface area contributed by atoms with Gasteiger partial charge in [0.1, 0.15) is 11.4 Å². The molecule has 0 radical (unpaired) electrons. The molecule has 0 aliphatic rings. The Labute approximate surface area is 173 Å². The number of carbonyl (C=O) groups excluding carboxylic acids is 1. The first-order valence-electron chi connectivity index (χ1n) is 8.73. The van der Waals surface area contributed by atoms with Gasteiger partial charge in [0, 0.05) is 13.0 Å². The molecule has 0 spiro atoms. The van der Waals surface area contributed by atoms with Crippen molar-refractivity contribution >= 4 is 41.6 Å². The number of carbonyl (C=O) groups is 1. The average Bonchev–Trinajstić information content (AvgIpc) is 2.52. The number of ether oxygens (including phenoxy) is 2. The van der Waals surface area contributed by atoms with E-state index < -0.39 is 5.60 Å². The Bertz CT molecular complexity index is 571. The zero-order valence-corrected chi connectivity index (χ0v) is 18.5. The normalized spacial score (nSPS) is 11.5. The second-order valence-corrected chi connectivity index (χ2v) is 6.84. The lowest BCUT2D eigenvalue weighted by molar-refractivity contribution is -0.154. The molecule has 26 heavy (non-hydrogen) atoms. The zero-order chi connectivity index (χ0) is 18.7. The van der Waals surface area contributed by atoms with Crippen molar-refractivity contribution in [2.45, 2.75) is 58.5 Å². The van der Waals surface area contributed by atoms with Gasteiger partial charge in [0.15, 0.2) is 5.96 Å². The summed E-state index contributed by atoms with van der Waals surface area (Å²) in [5.41, 5.74) is 6.28. The fraction of sp³-hybridized carbons (Fsp3) is 0.579. The molecule has 0 saturated carbocycles. The topological polar surface area (TPSA) is 85.9 Å². The van der Waals surface area contributed by atoms with Gasteiger partial charge >= 0.3 is 5.97 Å². The van der Waals surface area contributed by atoms with E-state index in [0.717, 1.165) is 37.1 Å². The Kier molecular flexibility index (Phi) is 12.0. The molecule has 0 atom stereocenters. The number of benzene rings is 1. The highest BCUT2D eigenvalue weighted by Gasteiger charge is 2.15. The van der Waals surface area contributed by atoms with Gasteiger partial charge in [-0.05, 0) is 45.7 Å². The van der Waals surface area contributed by atoms with Gasteiger partial charge in [-0.2, -0.15) is 0 Å². The van der Waals surface area contributed by atoms with Gasteiger partial charge in [-0.15, -0.1) is 24.0 Å². The van der Waals surface area contributed by atoms with Gasteiger partial charge < -0.3 is 20.5 Å². The van der Waals surface area contributed by atoms with Crippen molar-refractivity contribution in [1.82, 2.24) is 0 Å². The van der Waals surface area contributed by atoms with Crippen LogP contribution in [0.1, 0.15) is 52.9 Å². The molecule has 0 amide bonds. The molecule has 1 aromatic carbocycles. The fourth-order valence-electron chi connectivity index (χ4n) is 2.25. The number of anilines is 1. The summed E-state index contributed by atoms with van der Waals surface area (Å²) in [5.74, 6) is 0.969. The van der Waals surface area contributed by atoms with Crippen molar-refractivity contribution in [3.8, 4) is 5.75 Å². The molecule has 0 aliphatic carbocycles. The van der Waals surface area contributed by atoms with E-state index in [2.05, 4.69) is 10.3 Å². The average molecular weight is 477 g/mol. The molecule has 0 aromatic heterocycles. The Morgan fingerprint density at radius 1 is 1.15 bits per heavy atom. The molecule has 1 rings (SSSR count). The lowest BCUT2D eigenvalue weighted by Gasteiger charge is -2.19. The number of unbranched alkanes of at least 4 members (excludes halogenated alkanes) is 3. The molecular weight excluding hydrogens is 445 g/mol. The number of guanidine groups is 1. The van der Waals surface area contributed by atoms with E-state index in [1.54, 1.807) is 7.11 Å². The van der Waals surface area contributed by atoms with Gasteiger partial charge in [0.25, 0.3) is 0 Å². The number of hydrogen-bond donors (Lipinski definition) is 2. The van der Waals surface area contributed by atoms with Crippen molar-refractivity contribution in [2.75, 3.05) is 19.0 Å². The molecule has 148 valence electrons. The monoisotopic (exact) mass is 477 g/mol. The van der Waals surface area contributed by atoms with Crippen LogP contribution in [0, 0.1) is 0 Å². The molecule has 3 N–H and O–H groups in total. The fourth-order valence-corrected chi connectivity index (χ4v) is 2.25. The summed E-state index contributed by atoms with van der Waals surface area (Å²) in [7, 11) is 1.62. The number of esters is 1. The number of nitrogens with two attached hydrogens (primary N) is 1. The van der Waals surface area contributed by atoms with Gasteiger partial charge in [-0.1, -0.05) is 25.0 Å². The quantitative estimate of drug-likeness (QED) is 0.182. The van der Waals surface area contributed by atoms with Gasteiger partial charge in [0.2, 0.25) is 0 Å². The Balaban J connectivity index is 0.00000625. The number of nitrogens with one attached hydrogen (secondary N) is 1. The molecule has 0 bridgehead atoms. The summed E-state index contributed by atoms with van der Waals surface area (Å²) in [5, 5.41) is 3.04. The number of methoxy groups -OCH3 is 1. The maximum atomic E-state index is 11.6. The molecular formula is C19H32IN3O3. The second-order valence-electron chi connectivity index (χ2n) is 6.84. The molecule has 0 fully saturated rings. The van der Waals surface area contributed by atoms with Crippen LogP contribution in [0.15, 0.2) is 29.3 Å².